The van der Waals surface area contributed by atoms with Gasteiger partial charge in [-0.3, -0.25) is 9.59 Å². The van der Waals surface area contributed by atoms with E-state index in [1.807, 2.05) is 0 Å². The van der Waals surface area contributed by atoms with Crippen molar-refractivity contribution in [1.82, 2.24) is 0 Å². The Hall–Kier alpha value is -0.860. The second-order valence-corrected chi connectivity index (χ2v) is 0.269. The zero-order chi connectivity index (χ0) is 5.86. The first kappa shape index (κ1) is 1.55. The average Bonchev–Trinajstić information content (AvgIpc) is 1.27. The van der Waals surface area contributed by atoms with Gasteiger partial charge in [0.25, 0.3) is 0 Å². The highest BCUT2D eigenvalue weighted by Gasteiger charge is 1.58. The molecule has 0 amide bonds. The van der Waals surface area contributed by atoms with Crippen LogP contribution in [0.5, 0.6) is 0 Å². The molecule has 3 heteroatoms. The van der Waals surface area contributed by atoms with Crippen molar-refractivity contribution in [1.29, 1.82) is 0 Å². The summed E-state index contributed by atoms with van der Waals surface area (Å²) in [6.07, 6.45) is -3.00. The Kier molecular flexibility index (Phi) is 0.970. The van der Waals surface area contributed by atoms with Crippen LogP contribution in [0.25, 0.3) is 0 Å². The molecule has 0 spiro atoms. The summed E-state index contributed by atoms with van der Waals surface area (Å²) in [5.74, 6) is 0. The average molecular weight is 76.0 g/mol. The van der Waals surface area contributed by atoms with Gasteiger partial charge in [-0.05, 0) is 0 Å². The normalized spacial score (nSPS) is 11.2. The van der Waals surface area contributed by atoms with E-state index in [0.29, 0.717) is 0 Å². The molecule has 0 atom stereocenters. The van der Waals surface area contributed by atoms with Crippen molar-refractivity contribution in [3.63, 3.8) is 0 Å². The molecular weight excluding hydrogens is 72.0 g/mol. The topological polar surface area (TPSA) is 43.4 Å². The van der Waals surface area contributed by atoms with Gasteiger partial charge >= 0.3 is 12.9 Å². The molecule has 0 saturated heterocycles. The molecule has 0 aromatic rings. The Labute approximate surface area is 31.4 Å². The van der Waals surface area contributed by atoms with Gasteiger partial charge in [0.2, 0.25) is 0 Å². The van der Waals surface area contributed by atoms with Gasteiger partial charge in [-0.15, -0.1) is 0 Å². The van der Waals surface area contributed by atoms with E-state index >= 15 is 0 Å². The van der Waals surface area contributed by atoms with Crippen LogP contribution in [0.2, 0.25) is 0 Å². The van der Waals surface area contributed by atoms with Crippen molar-refractivity contribution in [3.05, 3.63) is 0 Å². The van der Waals surface area contributed by atoms with E-state index in [1.54, 1.807) is 0 Å². The van der Waals surface area contributed by atoms with Crippen LogP contribution in [0, 0.1) is 0 Å². The van der Waals surface area contributed by atoms with Crippen molar-refractivity contribution in [2.75, 3.05) is 0 Å². The molecule has 3 nitrogen and oxygen atoms in total. The highest BCUT2D eigenvalue weighted by atomic mass is 16.6. The molecule has 0 aliphatic rings. The summed E-state index contributed by atoms with van der Waals surface area (Å²) in [4.78, 5) is 18.7. The monoisotopic (exact) mass is 76.0 g/mol. The maximum atomic E-state index is 9.36. The first-order valence-corrected chi connectivity index (χ1v) is 0.816. The van der Waals surface area contributed by atoms with Crippen molar-refractivity contribution in [2.24, 2.45) is 0 Å². The van der Waals surface area contributed by atoms with E-state index in [9.17, 15) is 9.59 Å². The van der Waals surface area contributed by atoms with Crippen LogP contribution >= 0.6 is 0 Å². The standard InChI is InChI=1S/C2H2O3/c3-1-5-2-4/h1-2H/i1D,2D. The molecule has 28 valence electrons. The lowest BCUT2D eigenvalue weighted by Gasteiger charge is -1.65. The van der Waals surface area contributed by atoms with Gasteiger partial charge in [-0.2, -0.15) is 0 Å². The predicted molar refractivity (Wildman–Crippen MR) is 13.2 cm³/mol. The van der Waals surface area contributed by atoms with E-state index in [0.717, 1.165) is 0 Å². The lowest BCUT2D eigenvalue weighted by molar-refractivity contribution is -0.141. The van der Waals surface area contributed by atoms with Crippen molar-refractivity contribution < 1.29 is 17.1 Å². The number of rotatable bonds is 0. The molecule has 0 aromatic heterocycles. The van der Waals surface area contributed by atoms with E-state index in [1.165, 1.54) is 0 Å². The van der Waals surface area contributed by atoms with Crippen LogP contribution in [0.15, 0.2) is 0 Å². The molecule has 0 aromatic carbocycles. The van der Waals surface area contributed by atoms with E-state index in [-0.39, 0.29) is 0 Å². The molecule has 0 unspecified atom stereocenters. The summed E-state index contributed by atoms with van der Waals surface area (Å²) >= 11 is 0. The third-order valence-electron chi connectivity index (χ3n) is 0.0833. The second kappa shape index (κ2) is 3.14. The zero-order valence-electron chi connectivity index (χ0n) is 4.22. The van der Waals surface area contributed by atoms with E-state index in [2.05, 4.69) is 4.74 Å². The predicted octanol–water partition coefficient (Wildman–Crippen LogP) is -0.684. The summed E-state index contributed by atoms with van der Waals surface area (Å²) in [6.45, 7) is 0. The molecule has 5 heavy (non-hydrogen) atoms. The van der Waals surface area contributed by atoms with Gasteiger partial charge in [0.05, 0.1) is 0 Å². The highest BCUT2D eigenvalue weighted by molar-refractivity contribution is 5.55. The molecule has 0 rings (SSSR count). The number of ether oxygens (including phenoxy) is 1. The van der Waals surface area contributed by atoms with Gasteiger partial charge in [-0.1, -0.05) is 0 Å². The molecule has 0 bridgehead atoms. The van der Waals surface area contributed by atoms with Crippen molar-refractivity contribution in [2.45, 2.75) is 0 Å². The Morgan fingerprint density at radius 2 is 2.00 bits per heavy atom. The number of hydrogen-bond acceptors (Lipinski definition) is 3. The van der Waals surface area contributed by atoms with Crippen LogP contribution < -0.4 is 0 Å². The summed E-state index contributed by atoms with van der Waals surface area (Å²) in [6, 6.07) is 0. The van der Waals surface area contributed by atoms with Gasteiger partial charge < -0.3 is 4.74 Å². The maximum absolute atomic E-state index is 9.36. The first-order chi connectivity index (χ1) is 3.13. The first-order valence-electron chi connectivity index (χ1n) is 1.82. The Bertz CT molecular complexity index is 87.1. The zero-order valence-corrected chi connectivity index (χ0v) is 2.22. The van der Waals surface area contributed by atoms with Crippen molar-refractivity contribution >= 4 is 12.9 Å². The number of hydrogen-bond donors (Lipinski definition) is 0. The van der Waals surface area contributed by atoms with E-state index in [4.69, 9.17) is 2.74 Å². The van der Waals surface area contributed by atoms with Crippen LogP contribution in [0.4, 0.5) is 0 Å². The molecule has 0 aliphatic carbocycles. The largest absolute Gasteiger partial charge is 0.398 e. The molecular formula is C2H2O3. The van der Waals surface area contributed by atoms with Crippen LogP contribution in [0.3, 0.4) is 0 Å². The SMILES string of the molecule is [2H]C(=O)OC([2H])=O. The number of carbonyl (C=O) groups is 2. The van der Waals surface area contributed by atoms with Crippen LogP contribution in [-0.2, 0) is 14.3 Å². The second-order valence-electron chi connectivity index (χ2n) is 0.269. The summed E-state index contributed by atoms with van der Waals surface area (Å²) < 4.78 is 15.1. The quantitative estimate of drug-likeness (QED) is 0.283. The smallest absolute Gasteiger partial charge is 0.300 e. The van der Waals surface area contributed by atoms with Crippen molar-refractivity contribution in [3.8, 4) is 0 Å². The van der Waals surface area contributed by atoms with Gasteiger partial charge in [0.1, 0.15) is 0 Å². The van der Waals surface area contributed by atoms with E-state index < -0.39 is 12.9 Å². The molecule has 0 radical (unpaired) electrons. The Balaban J connectivity index is 3.32. The fourth-order valence-corrected chi connectivity index (χ4v) is 0.0170. The molecule has 0 aliphatic heterocycles. The van der Waals surface area contributed by atoms with Gasteiger partial charge in [0, 0.05) is 0 Å². The van der Waals surface area contributed by atoms with Gasteiger partial charge in [-0.25, -0.2) is 0 Å². The van der Waals surface area contributed by atoms with Gasteiger partial charge in [0.15, 0.2) is 2.74 Å². The highest BCUT2D eigenvalue weighted by Crippen LogP contribution is 1.40. The minimum Gasteiger partial charge on any atom is -0.398 e. The molecule has 0 heterocycles. The van der Waals surface area contributed by atoms with Crippen LogP contribution in [-0.4, -0.2) is 12.9 Å². The third-order valence-corrected chi connectivity index (χ3v) is 0.0833. The molecule has 0 saturated carbocycles. The lowest BCUT2D eigenvalue weighted by atomic mass is 11.5. The summed E-state index contributed by atoms with van der Waals surface area (Å²) in [7, 11) is 0. The molecule has 0 fully saturated rings. The Morgan fingerprint density at radius 1 is 1.60 bits per heavy atom. The maximum Gasteiger partial charge on any atom is 0.300 e. The fourth-order valence-electron chi connectivity index (χ4n) is 0.0170. The Morgan fingerprint density at radius 3 is 2.00 bits per heavy atom. The summed E-state index contributed by atoms with van der Waals surface area (Å²) in [5.41, 5.74) is 0. The minimum atomic E-state index is -1.50. The minimum absolute atomic E-state index is 1.50. The number of carbonyl (C=O) groups excluding carboxylic acids is 2. The summed E-state index contributed by atoms with van der Waals surface area (Å²) in [5, 5.41) is 0. The molecule has 0 N–H and O–H groups in total. The fraction of sp³-hybridized carbons (Fsp3) is 0. The third kappa shape index (κ3) is 3.14. The lowest BCUT2D eigenvalue weighted by Crippen LogP contribution is -1.77. The van der Waals surface area contributed by atoms with Crippen LogP contribution in [0.1, 0.15) is 2.74 Å².